The molecule has 0 aliphatic heterocycles. The van der Waals surface area contributed by atoms with E-state index in [0.29, 0.717) is 13.2 Å². The van der Waals surface area contributed by atoms with Gasteiger partial charge in [-0.05, 0) is 25.5 Å². The minimum absolute atomic E-state index is 0.574. The zero-order chi connectivity index (χ0) is 11.1. The van der Waals surface area contributed by atoms with Crippen molar-refractivity contribution in [1.29, 1.82) is 0 Å². The Kier molecular flexibility index (Phi) is 4.98. The normalized spacial score (nSPS) is 10.3. The minimum Gasteiger partial charge on any atom is -0.491 e. The first kappa shape index (κ1) is 11.9. The molecular formula is C12H19NO2. The van der Waals surface area contributed by atoms with E-state index in [9.17, 15) is 0 Å². The van der Waals surface area contributed by atoms with E-state index >= 15 is 0 Å². The molecule has 0 aliphatic carbocycles. The Hall–Kier alpha value is -1.22. The van der Waals surface area contributed by atoms with Crippen LogP contribution in [0.4, 0.5) is 5.69 Å². The molecule has 15 heavy (non-hydrogen) atoms. The van der Waals surface area contributed by atoms with Gasteiger partial charge >= 0.3 is 0 Å². The number of nitrogen functional groups attached to an aromatic ring is 1. The summed E-state index contributed by atoms with van der Waals surface area (Å²) in [6.07, 6.45) is 1.04. The van der Waals surface area contributed by atoms with E-state index in [1.807, 2.05) is 25.1 Å². The highest BCUT2D eigenvalue weighted by Gasteiger charge is 2.01. The van der Waals surface area contributed by atoms with Crippen molar-refractivity contribution >= 4 is 5.69 Å². The molecule has 0 fully saturated rings. The fourth-order valence-corrected chi connectivity index (χ4v) is 1.24. The zero-order valence-corrected chi connectivity index (χ0v) is 9.45. The first-order chi connectivity index (χ1) is 7.25. The number of nitrogens with two attached hydrogens (primary N) is 1. The molecular weight excluding hydrogens is 190 g/mol. The van der Waals surface area contributed by atoms with Gasteiger partial charge in [-0.2, -0.15) is 0 Å². The number of hydrogen-bond acceptors (Lipinski definition) is 3. The van der Waals surface area contributed by atoms with Crippen molar-refractivity contribution in [3.8, 4) is 5.75 Å². The molecule has 3 heteroatoms. The van der Waals surface area contributed by atoms with Crippen LogP contribution in [0.15, 0.2) is 18.2 Å². The number of ether oxygens (including phenoxy) is 2. The second kappa shape index (κ2) is 6.30. The molecule has 0 atom stereocenters. The maximum Gasteiger partial charge on any atom is 0.124 e. The Bertz CT molecular complexity index is 300. The average Bonchev–Trinajstić information content (AvgIpc) is 2.24. The van der Waals surface area contributed by atoms with E-state index in [1.165, 1.54) is 0 Å². The van der Waals surface area contributed by atoms with Gasteiger partial charge in [-0.15, -0.1) is 0 Å². The van der Waals surface area contributed by atoms with Crippen LogP contribution in [0.3, 0.4) is 0 Å². The van der Waals surface area contributed by atoms with Crippen molar-refractivity contribution in [2.75, 3.05) is 25.6 Å². The summed E-state index contributed by atoms with van der Waals surface area (Å²) in [4.78, 5) is 0. The van der Waals surface area contributed by atoms with Crippen molar-refractivity contribution in [2.24, 2.45) is 0 Å². The first-order valence-electron chi connectivity index (χ1n) is 5.31. The molecule has 0 aromatic heterocycles. The quantitative estimate of drug-likeness (QED) is 0.578. The Balaban J connectivity index is 2.34. The van der Waals surface area contributed by atoms with Crippen LogP contribution in [0.1, 0.15) is 18.9 Å². The molecule has 1 aromatic carbocycles. The van der Waals surface area contributed by atoms with Crippen molar-refractivity contribution in [1.82, 2.24) is 0 Å². The summed E-state index contributed by atoms with van der Waals surface area (Å²) in [5.74, 6) is 0.843. The zero-order valence-electron chi connectivity index (χ0n) is 9.45. The van der Waals surface area contributed by atoms with Crippen molar-refractivity contribution in [3.63, 3.8) is 0 Å². The van der Waals surface area contributed by atoms with E-state index < -0.39 is 0 Å². The molecule has 0 saturated heterocycles. The van der Waals surface area contributed by atoms with E-state index in [2.05, 4.69) is 6.92 Å². The Morgan fingerprint density at radius 1 is 1.20 bits per heavy atom. The van der Waals surface area contributed by atoms with E-state index in [-0.39, 0.29) is 0 Å². The SMILES string of the molecule is CCCOCCOc1cccc(N)c1C. The predicted octanol–water partition coefficient (Wildman–Crippen LogP) is 2.38. The average molecular weight is 209 g/mol. The van der Waals surface area contributed by atoms with Gasteiger partial charge in [-0.1, -0.05) is 13.0 Å². The third kappa shape index (κ3) is 3.80. The summed E-state index contributed by atoms with van der Waals surface area (Å²) in [7, 11) is 0. The van der Waals surface area contributed by atoms with Crippen LogP contribution in [0, 0.1) is 6.92 Å². The van der Waals surface area contributed by atoms with Crippen LogP contribution in [0.5, 0.6) is 5.75 Å². The lowest BCUT2D eigenvalue weighted by Gasteiger charge is -2.10. The highest BCUT2D eigenvalue weighted by atomic mass is 16.5. The smallest absolute Gasteiger partial charge is 0.124 e. The Labute approximate surface area is 91.2 Å². The minimum atomic E-state index is 0.574. The van der Waals surface area contributed by atoms with E-state index in [0.717, 1.165) is 30.0 Å². The fraction of sp³-hybridized carbons (Fsp3) is 0.500. The Morgan fingerprint density at radius 3 is 2.73 bits per heavy atom. The van der Waals surface area contributed by atoms with Crippen LogP contribution < -0.4 is 10.5 Å². The summed E-state index contributed by atoms with van der Waals surface area (Å²) in [6, 6.07) is 5.69. The van der Waals surface area contributed by atoms with Gasteiger partial charge in [-0.25, -0.2) is 0 Å². The van der Waals surface area contributed by atoms with Crippen LogP contribution in [0.2, 0.25) is 0 Å². The van der Waals surface area contributed by atoms with Gasteiger partial charge in [0.15, 0.2) is 0 Å². The van der Waals surface area contributed by atoms with E-state index in [4.69, 9.17) is 15.2 Å². The van der Waals surface area contributed by atoms with E-state index in [1.54, 1.807) is 0 Å². The molecule has 84 valence electrons. The van der Waals surface area contributed by atoms with Crippen molar-refractivity contribution in [3.05, 3.63) is 23.8 Å². The summed E-state index contributed by atoms with van der Waals surface area (Å²) < 4.78 is 10.9. The topological polar surface area (TPSA) is 44.5 Å². The largest absolute Gasteiger partial charge is 0.491 e. The first-order valence-corrected chi connectivity index (χ1v) is 5.31. The van der Waals surface area contributed by atoms with Crippen molar-refractivity contribution in [2.45, 2.75) is 20.3 Å². The lowest BCUT2D eigenvalue weighted by atomic mass is 10.2. The maximum atomic E-state index is 5.76. The van der Waals surface area contributed by atoms with Gasteiger partial charge in [0.25, 0.3) is 0 Å². The molecule has 0 unspecified atom stereocenters. The number of benzene rings is 1. The van der Waals surface area contributed by atoms with Gasteiger partial charge in [0.05, 0.1) is 6.61 Å². The lowest BCUT2D eigenvalue weighted by Crippen LogP contribution is -2.08. The number of hydrogen-bond donors (Lipinski definition) is 1. The predicted molar refractivity (Wildman–Crippen MR) is 62.2 cm³/mol. The van der Waals surface area contributed by atoms with Gasteiger partial charge in [0.2, 0.25) is 0 Å². The summed E-state index contributed by atoms with van der Waals surface area (Å²) in [5, 5.41) is 0. The molecule has 2 N–H and O–H groups in total. The molecule has 0 amide bonds. The van der Waals surface area contributed by atoms with Crippen LogP contribution in [0.25, 0.3) is 0 Å². The van der Waals surface area contributed by atoms with Gasteiger partial charge < -0.3 is 15.2 Å². The molecule has 1 rings (SSSR count). The molecule has 3 nitrogen and oxygen atoms in total. The summed E-state index contributed by atoms with van der Waals surface area (Å²) >= 11 is 0. The monoisotopic (exact) mass is 209 g/mol. The number of anilines is 1. The highest BCUT2D eigenvalue weighted by molar-refractivity contribution is 5.53. The lowest BCUT2D eigenvalue weighted by molar-refractivity contribution is 0.100. The number of rotatable bonds is 6. The van der Waals surface area contributed by atoms with Gasteiger partial charge in [-0.3, -0.25) is 0 Å². The Morgan fingerprint density at radius 2 is 2.00 bits per heavy atom. The highest BCUT2D eigenvalue weighted by Crippen LogP contribution is 2.22. The standard InChI is InChI=1S/C12H19NO2/c1-3-7-14-8-9-15-12-6-4-5-11(13)10(12)2/h4-6H,3,7-9,13H2,1-2H3. The molecule has 0 aliphatic rings. The van der Waals surface area contributed by atoms with Crippen LogP contribution >= 0.6 is 0 Å². The third-order valence-electron chi connectivity index (χ3n) is 2.16. The second-order valence-corrected chi connectivity index (χ2v) is 3.43. The fourth-order valence-electron chi connectivity index (χ4n) is 1.24. The van der Waals surface area contributed by atoms with Crippen LogP contribution in [-0.4, -0.2) is 19.8 Å². The van der Waals surface area contributed by atoms with Crippen molar-refractivity contribution < 1.29 is 9.47 Å². The molecule has 0 spiro atoms. The second-order valence-electron chi connectivity index (χ2n) is 3.43. The summed E-state index contributed by atoms with van der Waals surface area (Å²) in [5.41, 5.74) is 7.52. The maximum absolute atomic E-state index is 5.76. The molecule has 0 saturated carbocycles. The molecule has 0 radical (unpaired) electrons. The molecule has 0 heterocycles. The third-order valence-corrected chi connectivity index (χ3v) is 2.16. The molecule has 0 bridgehead atoms. The van der Waals surface area contributed by atoms with Crippen LogP contribution in [-0.2, 0) is 4.74 Å². The molecule has 1 aromatic rings. The van der Waals surface area contributed by atoms with Gasteiger partial charge in [0, 0.05) is 17.9 Å². The summed E-state index contributed by atoms with van der Waals surface area (Å²) in [6.45, 7) is 6.03. The van der Waals surface area contributed by atoms with Gasteiger partial charge in [0.1, 0.15) is 12.4 Å².